The lowest BCUT2D eigenvalue weighted by Gasteiger charge is -2.26. The summed E-state index contributed by atoms with van der Waals surface area (Å²) in [7, 11) is 0. The highest BCUT2D eigenvalue weighted by atomic mass is 16.6. The molecule has 0 spiro atoms. The van der Waals surface area contributed by atoms with E-state index in [9.17, 15) is 4.79 Å². The van der Waals surface area contributed by atoms with Crippen LogP contribution in [0.25, 0.3) is 10.8 Å². The topological polar surface area (TPSA) is 60.0 Å². The zero-order valence-electron chi connectivity index (χ0n) is 16.3. The number of morpholine rings is 1. The van der Waals surface area contributed by atoms with Crippen molar-refractivity contribution in [1.82, 2.24) is 4.90 Å². The van der Waals surface area contributed by atoms with Crippen molar-refractivity contribution >= 4 is 22.6 Å². The number of hydrogen-bond acceptors (Lipinski definition) is 5. The quantitative estimate of drug-likeness (QED) is 0.863. The van der Waals surface area contributed by atoms with E-state index in [0.717, 1.165) is 43.6 Å². The van der Waals surface area contributed by atoms with Crippen LogP contribution in [0.1, 0.15) is 20.8 Å². The number of amides is 1. The Bertz CT molecular complexity index is 779. The van der Waals surface area contributed by atoms with Gasteiger partial charge in [0.15, 0.2) is 0 Å². The maximum absolute atomic E-state index is 12.3. The average molecular weight is 372 g/mol. The molecule has 1 fully saturated rings. The largest absolute Gasteiger partial charge is 0.490 e. The second kappa shape index (κ2) is 8.59. The van der Waals surface area contributed by atoms with Crippen molar-refractivity contribution in [3.8, 4) is 5.75 Å². The van der Waals surface area contributed by atoms with Crippen molar-refractivity contribution in [2.75, 3.05) is 44.8 Å². The molecule has 3 rings (SSSR count). The van der Waals surface area contributed by atoms with Gasteiger partial charge in [-0.15, -0.1) is 0 Å². The van der Waals surface area contributed by atoms with Gasteiger partial charge in [0.1, 0.15) is 18.0 Å². The fourth-order valence-corrected chi connectivity index (χ4v) is 3.02. The molecule has 1 amide bonds. The Morgan fingerprint density at radius 2 is 1.89 bits per heavy atom. The maximum atomic E-state index is 12.3. The van der Waals surface area contributed by atoms with Crippen molar-refractivity contribution in [1.29, 1.82) is 0 Å². The zero-order valence-corrected chi connectivity index (χ0v) is 16.3. The van der Waals surface area contributed by atoms with Gasteiger partial charge in [-0.05, 0) is 32.2 Å². The van der Waals surface area contributed by atoms with Gasteiger partial charge in [0.05, 0.1) is 18.9 Å². The first-order chi connectivity index (χ1) is 12.9. The molecule has 1 heterocycles. The summed E-state index contributed by atoms with van der Waals surface area (Å²) in [6.45, 7) is 10.3. The lowest BCUT2D eigenvalue weighted by Crippen LogP contribution is -2.38. The molecule has 146 valence electrons. The molecular formula is C21H28N2O4. The van der Waals surface area contributed by atoms with Gasteiger partial charge in [-0.2, -0.15) is 0 Å². The van der Waals surface area contributed by atoms with Crippen molar-refractivity contribution in [2.24, 2.45) is 0 Å². The highest BCUT2D eigenvalue weighted by Gasteiger charge is 2.19. The van der Waals surface area contributed by atoms with E-state index in [-0.39, 0.29) is 0 Å². The van der Waals surface area contributed by atoms with Gasteiger partial charge in [-0.25, -0.2) is 4.79 Å². The normalized spacial score (nSPS) is 15.5. The Balaban J connectivity index is 1.75. The minimum atomic E-state index is -0.563. The molecule has 1 N–H and O–H groups in total. The summed E-state index contributed by atoms with van der Waals surface area (Å²) in [5.41, 5.74) is 0.0794. The van der Waals surface area contributed by atoms with E-state index in [0.29, 0.717) is 18.0 Å². The van der Waals surface area contributed by atoms with Gasteiger partial charge < -0.3 is 14.2 Å². The van der Waals surface area contributed by atoms with Crippen LogP contribution in [0.2, 0.25) is 0 Å². The minimum absolute atomic E-state index is 0.489. The van der Waals surface area contributed by atoms with Gasteiger partial charge in [-0.1, -0.05) is 30.3 Å². The SMILES string of the molecule is CC(C)(C)OC(=O)Nc1c(OCCN2CCOCC2)ccc2ccccc12. The summed E-state index contributed by atoms with van der Waals surface area (Å²) in [6, 6.07) is 11.8. The Morgan fingerprint density at radius 3 is 2.63 bits per heavy atom. The maximum Gasteiger partial charge on any atom is 0.412 e. The van der Waals surface area contributed by atoms with E-state index in [1.807, 2.05) is 57.2 Å². The lowest BCUT2D eigenvalue weighted by atomic mass is 10.1. The number of carbonyl (C=O) groups is 1. The smallest absolute Gasteiger partial charge is 0.412 e. The molecule has 6 heteroatoms. The molecule has 0 saturated carbocycles. The average Bonchev–Trinajstić information content (AvgIpc) is 2.63. The van der Waals surface area contributed by atoms with Gasteiger partial charge in [0.25, 0.3) is 0 Å². The van der Waals surface area contributed by atoms with Crippen molar-refractivity contribution in [2.45, 2.75) is 26.4 Å². The van der Waals surface area contributed by atoms with Crippen LogP contribution in [0.15, 0.2) is 36.4 Å². The highest BCUT2D eigenvalue weighted by Crippen LogP contribution is 2.33. The van der Waals surface area contributed by atoms with E-state index >= 15 is 0 Å². The molecule has 0 atom stereocenters. The summed E-state index contributed by atoms with van der Waals surface area (Å²) >= 11 is 0. The molecule has 1 aliphatic rings. The molecule has 0 radical (unpaired) electrons. The second-order valence-corrected chi connectivity index (χ2v) is 7.59. The van der Waals surface area contributed by atoms with E-state index in [4.69, 9.17) is 14.2 Å². The molecule has 0 bridgehead atoms. The minimum Gasteiger partial charge on any atom is -0.490 e. The first-order valence-corrected chi connectivity index (χ1v) is 9.37. The van der Waals surface area contributed by atoms with Crippen molar-refractivity contribution in [3.05, 3.63) is 36.4 Å². The molecule has 1 aliphatic heterocycles. The zero-order chi connectivity index (χ0) is 19.3. The number of rotatable bonds is 5. The fourth-order valence-electron chi connectivity index (χ4n) is 3.02. The number of carbonyl (C=O) groups excluding carboxylic acids is 1. The first-order valence-electron chi connectivity index (χ1n) is 9.37. The third-order valence-electron chi connectivity index (χ3n) is 4.29. The summed E-state index contributed by atoms with van der Waals surface area (Å²) in [5.74, 6) is 0.646. The van der Waals surface area contributed by atoms with Crippen LogP contribution >= 0.6 is 0 Å². The van der Waals surface area contributed by atoms with Gasteiger partial charge in [-0.3, -0.25) is 10.2 Å². The van der Waals surface area contributed by atoms with Gasteiger partial charge in [0.2, 0.25) is 0 Å². The summed E-state index contributed by atoms with van der Waals surface area (Å²) in [4.78, 5) is 14.6. The Kier molecular flexibility index (Phi) is 6.19. The van der Waals surface area contributed by atoms with E-state index < -0.39 is 11.7 Å². The van der Waals surface area contributed by atoms with E-state index in [1.54, 1.807) is 0 Å². The standard InChI is InChI=1S/C21H28N2O4/c1-21(2,3)27-20(24)22-19-17-7-5-4-6-16(17)8-9-18(19)26-15-12-23-10-13-25-14-11-23/h4-9H,10-15H2,1-3H3,(H,22,24). The van der Waals surface area contributed by atoms with Crippen LogP contribution in [0, 0.1) is 0 Å². The third kappa shape index (κ3) is 5.58. The van der Waals surface area contributed by atoms with Gasteiger partial charge >= 0.3 is 6.09 Å². The molecule has 2 aromatic carbocycles. The molecular weight excluding hydrogens is 344 g/mol. The third-order valence-corrected chi connectivity index (χ3v) is 4.29. The molecule has 0 unspecified atom stereocenters. The molecule has 27 heavy (non-hydrogen) atoms. The van der Waals surface area contributed by atoms with Crippen molar-refractivity contribution in [3.63, 3.8) is 0 Å². The number of hydrogen-bond donors (Lipinski definition) is 1. The molecule has 0 aromatic heterocycles. The number of anilines is 1. The summed E-state index contributed by atoms with van der Waals surface area (Å²) in [6.07, 6.45) is -0.489. The Labute approximate surface area is 160 Å². The Hall–Kier alpha value is -2.31. The molecule has 6 nitrogen and oxygen atoms in total. The van der Waals surface area contributed by atoms with Crippen LogP contribution in [0.5, 0.6) is 5.75 Å². The van der Waals surface area contributed by atoms with Gasteiger partial charge in [0, 0.05) is 25.0 Å². The molecule has 0 aliphatic carbocycles. The highest BCUT2D eigenvalue weighted by molar-refractivity contribution is 6.03. The number of benzene rings is 2. The van der Waals surface area contributed by atoms with Crippen LogP contribution in [0.4, 0.5) is 10.5 Å². The van der Waals surface area contributed by atoms with Crippen LogP contribution < -0.4 is 10.1 Å². The monoisotopic (exact) mass is 372 g/mol. The number of nitrogens with zero attached hydrogens (tertiary/aromatic N) is 1. The summed E-state index contributed by atoms with van der Waals surface area (Å²) < 4.78 is 16.8. The fraction of sp³-hybridized carbons (Fsp3) is 0.476. The second-order valence-electron chi connectivity index (χ2n) is 7.59. The van der Waals surface area contributed by atoms with Crippen LogP contribution in [-0.4, -0.2) is 56.0 Å². The number of fused-ring (bicyclic) bond motifs is 1. The first kappa shape index (κ1) is 19.5. The predicted molar refractivity (Wildman–Crippen MR) is 107 cm³/mol. The molecule has 2 aromatic rings. The van der Waals surface area contributed by atoms with Crippen LogP contribution in [-0.2, 0) is 9.47 Å². The molecule has 1 saturated heterocycles. The Morgan fingerprint density at radius 1 is 1.15 bits per heavy atom. The summed E-state index contributed by atoms with van der Waals surface area (Å²) in [5, 5.41) is 4.83. The van der Waals surface area contributed by atoms with E-state index in [1.165, 1.54) is 0 Å². The number of nitrogens with one attached hydrogen (secondary N) is 1. The van der Waals surface area contributed by atoms with E-state index in [2.05, 4.69) is 10.2 Å². The van der Waals surface area contributed by atoms with Crippen LogP contribution in [0.3, 0.4) is 0 Å². The lowest BCUT2D eigenvalue weighted by molar-refractivity contribution is 0.0322. The number of ether oxygens (including phenoxy) is 3. The predicted octanol–water partition coefficient (Wildman–Crippen LogP) is 3.90. The van der Waals surface area contributed by atoms with Crippen molar-refractivity contribution < 1.29 is 19.0 Å².